The molecule has 2 rings (SSSR count). The number of aliphatic hydroxyl groups excluding tert-OH is 1. The molecule has 0 bridgehead atoms. The van der Waals surface area contributed by atoms with Gasteiger partial charge in [0.05, 0.1) is 10.6 Å². The Morgan fingerprint density at radius 1 is 1.42 bits per heavy atom. The standard InChI is InChI=1S/C13H16Cl2N2O2/c14-11-6-16-12(15)4-10(11)13(19)17-5-8-2-1-3-9(8)7-18/h4,6,8-9,18H,1-3,5,7H2,(H,17,19). The van der Waals surface area contributed by atoms with Crippen molar-refractivity contribution in [1.29, 1.82) is 0 Å². The molecule has 1 heterocycles. The lowest BCUT2D eigenvalue weighted by Crippen LogP contribution is -2.31. The van der Waals surface area contributed by atoms with E-state index in [1.54, 1.807) is 0 Å². The molecule has 104 valence electrons. The number of hydrogen-bond acceptors (Lipinski definition) is 3. The van der Waals surface area contributed by atoms with Crippen molar-refractivity contribution in [3.63, 3.8) is 0 Å². The van der Waals surface area contributed by atoms with Crippen LogP contribution in [0.3, 0.4) is 0 Å². The van der Waals surface area contributed by atoms with Gasteiger partial charge >= 0.3 is 0 Å². The highest BCUT2D eigenvalue weighted by Crippen LogP contribution is 2.30. The predicted octanol–water partition coefficient (Wildman–Crippen LogP) is 2.53. The molecule has 6 heteroatoms. The average molecular weight is 303 g/mol. The van der Waals surface area contributed by atoms with Gasteiger partial charge in [-0.2, -0.15) is 0 Å². The van der Waals surface area contributed by atoms with Gasteiger partial charge in [0.15, 0.2) is 0 Å². The number of rotatable bonds is 4. The van der Waals surface area contributed by atoms with Gasteiger partial charge in [-0.1, -0.05) is 29.6 Å². The Hall–Kier alpha value is -0.840. The molecule has 4 nitrogen and oxygen atoms in total. The van der Waals surface area contributed by atoms with Gasteiger partial charge in [0, 0.05) is 19.3 Å². The van der Waals surface area contributed by atoms with E-state index in [4.69, 9.17) is 23.2 Å². The summed E-state index contributed by atoms with van der Waals surface area (Å²) in [6.45, 7) is 0.739. The van der Waals surface area contributed by atoms with E-state index in [1.807, 2.05) is 0 Å². The molecule has 0 aliphatic heterocycles. The van der Waals surface area contributed by atoms with Crippen molar-refractivity contribution in [2.45, 2.75) is 19.3 Å². The number of hydrogen-bond donors (Lipinski definition) is 2. The molecule has 1 saturated carbocycles. The molecule has 0 saturated heterocycles. The number of pyridine rings is 1. The van der Waals surface area contributed by atoms with Crippen LogP contribution in [-0.2, 0) is 0 Å². The monoisotopic (exact) mass is 302 g/mol. The summed E-state index contributed by atoms with van der Waals surface area (Å²) in [5.41, 5.74) is 0.334. The molecule has 2 unspecified atom stereocenters. The predicted molar refractivity (Wildman–Crippen MR) is 74.5 cm³/mol. The van der Waals surface area contributed by atoms with E-state index in [0.717, 1.165) is 19.3 Å². The SMILES string of the molecule is O=C(NCC1CCCC1CO)c1cc(Cl)ncc1Cl. The van der Waals surface area contributed by atoms with Crippen molar-refractivity contribution < 1.29 is 9.90 Å². The molecule has 1 fully saturated rings. The van der Waals surface area contributed by atoms with E-state index in [0.29, 0.717) is 18.0 Å². The van der Waals surface area contributed by atoms with Gasteiger partial charge in [-0.15, -0.1) is 0 Å². The highest BCUT2D eigenvalue weighted by Gasteiger charge is 2.27. The van der Waals surface area contributed by atoms with Crippen LogP contribution in [0, 0.1) is 11.8 Å². The topological polar surface area (TPSA) is 62.2 Å². The number of halogens is 2. The number of aromatic nitrogens is 1. The van der Waals surface area contributed by atoms with Crippen LogP contribution in [0.15, 0.2) is 12.3 Å². The molecule has 0 spiro atoms. The highest BCUT2D eigenvalue weighted by molar-refractivity contribution is 6.35. The first-order valence-corrected chi connectivity index (χ1v) is 7.07. The Balaban J connectivity index is 1.96. The van der Waals surface area contributed by atoms with Crippen molar-refractivity contribution >= 4 is 29.1 Å². The van der Waals surface area contributed by atoms with E-state index in [-0.39, 0.29) is 28.6 Å². The zero-order valence-electron chi connectivity index (χ0n) is 10.4. The number of amides is 1. The third-order valence-corrected chi connectivity index (χ3v) is 4.15. The smallest absolute Gasteiger partial charge is 0.252 e. The van der Waals surface area contributed by atoms with Gasteiger partial charge in [0.25, 0.3) is 5.91 Å². The minimum absolute atomic E-state index is 0.183. The summed E-state index contributed by atoms with van der Waals surface area (Å²) < 4.78 is 0. The number of carbonyl (C=O) groups is 1. The molecule has 1 aromatic rings. The molecule has 1 aromatic heterocycles. The van der Waals surface area contributed by atoms with Crippen molar-refractivity contribution in [1.82, 2.24) is 10.3 Å². The largest absolute Gasteiger partial charge is 0.396 e. The summed E-state index contributed by atoms with van der Waals surface area (Å²) in [5, 5.41) is 12.6. The van der Waals surface area contributed by atoms with Gasteiger partial charge in [-0.05, 0) is 30.7 Å². The zero-order valence-corrected chi connectivity index (χ0v) is 11.9. The van der Waals surface area contributed by atoms with Crippen LogP contribution in [0.1, 0.15) is 29.6 Å². The fraction of sp³-hybridized carbons (Fsp3) is 0.538. The lowest BCUT2D eigenvalue weighted by molar-refractivity contribution is 0.0938. The number of nitrogens with zero attached hydrogens (tertiary/aromatic N) is 1. The van der Waals surface area contributed by atoms with Crippen molar-refractivity contribution in [3.8, 4) is 0 Å². The summed E-state index contributed by atoms with van der Waals surface area (Å²) in [4.78, 5) is 15.8. The fourth-order valence-electron chi connectivity index (χ4n) is 2.53. The van der Waals surface area contributed by atoms with Crippen LogP contribution in [-0.4, -0.2) is 29.1 Å². The second kappa shape index (κ2) is 6.55. The van der Waals surface area contributed by atoms with Gasteiger partial charge in [0.1, 0.15) is 5.15 Å². The molecule has 1 amide bonds. The minimum Gasteiger partial charge on any atom is -0.396 e. The third kappa shape index (κ3) is 3.59. The number of aliphatic hydroxyl groups is 1. The summed E-state index contributed by atoms with van der Waals surface area (Å²) in [7, 11) is 0. The molecule has 1 aliphatic carbocycles. The second-order valence-corrected chi connectivity index (χ2v) is 5.62. The zero-order chi connectivity index (χ0) is 13.8. The van der Waals surface area contributed by atoms with Crippen LogP contribution >= 0.6 is 23.2 Å². The number of carbonyl (C=O) groups excluding carboxylic acids is 1. The Kier molecular flexibility index (Phi) is 5.02. The molecule has 1 aliphatic rings. The first kappa shape index (κ1) is 14.6. The molecular weight excluding hydrogens is 287 g/mol. The summed E-state index contributed by atoms with van der Waals surface area (Å²) >= 11 is 11.7. The average Bonchev–Trinajstić information content (AvgIpc) is 2.86. The van der Waals surface area contributed by atoms with E-state index in [2.05, 4.69) is 10.3 Å². The van der Waals surface area contributed by atoms with Crippen LogP contribution in [0.25, 0.3) is 0 Å². The molecule has 19 heavy (non-hydrogen) atoms. The Bertz CT molecular complexity index is 468. The van der Waals surface area contributed by atoms with Crippen molar-refractivity contribution in [3.05, 3.63) is 28.0 Å². The normalized spacial score (nSPS) is 22.5. The van der Waals surface area contributed by atoms with E-state index in [9.17, 15) is 9.90 Å². The second-order valence-electron chi connectivity index (χ2n) is 4.83. The Morgan fingerprint density at radius 3 is 2.89 bits per heavy atom. The summed E-state index contributed by atoms with van der Waals surface area (Å²) in [6, 6.07) is 1.46. The van der Waals surface area contributed by atoms with Gasteiger partial charge < -0.3 is 10.4 Å². The van der Waals surface area contributed by atoms with Gasteiger partial charge in [0.2, 0.25) is 0 Å². The molecule has 2 N–H and O–H groups in total. The molecular formula is C13H16Cl2N2O2. The Morgan fingerprint density at radius 2 is 2.16 bits per heavy atom. The first-order chi connectivity index (χ1) is 9.11. The van der Waals surface area contributed by atoms with Gasteiger partial charge in [-0.25, -0.2) is 4.98 Å². The number of nitrogens with one attached hydrogen (secondary N) is 1. The third-order valence-electron chi connectivity index (χ3n) is 3.64. The van der Waals surface area contributed by atoms with Crippen LogP contribution in [0.2, 0.25) is 10.2 Å². The summed E-state index contributed by atoms with van der Waals surface area (Å²) in [6.07, 6.45) is 4.54. The Labute approximate surface area is 122 Å². The quantitative estimate of drug-likeness (QED) is 0.840. The van der Waals surface area contributed by atoms with Crippen LogP contribution in [0.4, 0.5) is 0 Å². The van der Waals surface area contributed by atoms with Gasteiger partial charge in [-0.3, -0.25) is 4.79 Å². The summed E-state index contributed by atoms with van der Waals surface area (Å²) in [5.74, 6) is 0.375. The molecule has 0 aromatic carbocycles. The fourth-order valence-corrected chi connectivity index (χ4v) is 2.88. The maximum atomic E-state index is 12.0. The highest BCUT2D eigenvalue weighted by atomic mass is 35.5. The first-order valence-electron chi connectivity index (χ1n) is 6.32. The molecule has 2 atom stereocenters. The van der Waals surface area contributed by atoms with Crippen molar-refractivity contribution in [2.24, 2.45) is 11.8 Å². The molecule has 0 radical (unpaired) electrons. The van der Waals surface area contributed by atoms with E-state index >= 15 is 0 Å². The van der Waals surface area contributed by atoms with Crippen molar-refractivity contribution in [2.75, 3.05) is 13.2 Å². The minimum atomic E-state index is -0.252. The lowest BCUT2D eigenvalue weighted by atomic mass is 9.97. The van der Waals surface area contributed by atoms with E-state index in [1.165, 1.54) is 12.3 Å². The maximum absolute atomic E-state index is 12.0. The van der Waals surface area contributed by atoms with Crippen LogP contribution < -0.4 is 5.32 Å². The van der Waals surface area contributed by atoms with E-state index < -0.39 is 0 Å². The maximum Gasteiger partial charge on any atom is 0.252 e. The lowest BCUT2D eigenvalue weighted by Gasteiger charge is -2.18. The van der Waals surface area contributed by atoms with Crippen LogP contribution in [0.5, 0.6) is 0 Å².